The zero-order valence-corrected chi connectivity index (χ0v) is 18.1. The number of nitrogens with zero attached hydrogens (tertiary/aromatic N) is 3. The van der Waals surface area contributed by atoms with Crippen molar-refractivity contribution in [2.45, 2.75) is 6.17 Å². The fraction of sp³-hybridized carbons (Fsp3) is 0.130. The highest BCUT2D eigenvalue weighted by molar-refractivity contribution is 6.02. The van der Waals surface area contributed by atoms with Gasteiger partial charge in [0.05, 0.1) is 36.6 Å². The number of ether oxygens (including phenoxy) is 2. The van der Waals surface area contributed by atoms with E-state index in [0.29, 0.717) is 11.1 Å². The van der Waals surface area contributed by atoms with Gasteiger partial charge in [-0.3, -0.25) is 14.9 Å². The third-order valence-electron chi connectivity index (χ3n) is 5.24. The lowest BCUT2D eigenvalue weighted by Gasteiger charge is -2.34. The summed E-state index contributed by atoms with van der Waals surface area (Å²) in [5.74, 6) is -0.202. The summed E-state index contributed by atoms with van der Waals surface area (Å²) < 4.78 is 10.3. The second-order valence-corrected chi connectivity index (χ2v) is 7.29. The van der Waals surface area contributed by atoms with E-state index in [0.717, 1.165) is 0 Å². The van der Waals surface area contributed by atoms with Gasteiger partial charge in [0.2, 0.25) is 0 Å². The van der Waals surface area contributed by atoms with E-state index in [1.165, 1.54) is 61.8 Å². The van der Waals surface area contributed by atoms with Crippen LogP contribution in [0.25, 0.3) is 0 Å². The van der Waals surface area contributed by atoms with Gasteiger partial charge in [0, 0.05) is 17.7 Å². The molecule has 4 rings (SSSR count). The minimum Gasteiger partial charge on any atom is -0.504 e. The van der Waals surface area contributed by atoms with E-state index < -0.39 is 17.0 Å². The number of fused-ring (bicyclic) bond motifs is 1. The van der Waals surface area contributed by atoms with Crippen molar-refractivity contribution in [1.82, 2.24) is 5.01 Å². The summed E-state index contributed by atoms with van der Waals surface area (Å²) in [7, 11) is 2.81. The maximum absolute atomic E-state index is 13.4. The summed E-state index contributed by atoms with van der Waals surface area (Å²) in [6.07, 6.45) is 0.550. The van der Waals surface area contributed by atoms with Gasteiger partial charge >= 0.3 is 0 Å². The fourth-order valence-electron chi connectivity index (χ4n) is 3.51. The highest BCUT2D eigenvalue weighted by atomic mass is 16.6. The first kappa shape index (κ1) is 22.4. The van der Waals surface area contributed by atoms with Crippen LogP contribution in [0, 0.1) is 10.1 Å². The normalized spacial score (nSPS) is 15.1. The smallest absolute Gasteiger partial charge is 0.278 e. The van der Waals surface area contributed by atoms with Crippen molar-refractivity contribution >= 4 is 23.5 Å². The third-order valence-corrected chi connectivity index (χ3v) is 5.24. The standard InChI is InChI=1S/C23H20N4O7/c1-33-20-9-13(3-7-18(20)28)12-24-26-22(14-4-8-19(29)21(10-14)34-2)25-17-11-15(27(31)32)5-6-16(17)23(26)30/h3-12,22,25,28-29H,1-2H3. The number of nitrogens with one attached hydrogen (secondary N) is 1. The quantitative estimate of drug-likeness (QED) is 0.285. The molecule has 174 valence electrons. The van der Waals surface area contributed by atoms with Crippen molar-refractivity contribution in [2.75, 3.05) is 19.5 Å². The number of hydrazone groups is 1. The molecule has 1 amide bonds. The summed E-state index contributed by atoms with van der Waals surface area (Å²) in [6, 6.07) is 13.0. The van der Waals surface area contributed by atoms with Crippen LogP contribution in [-0.2, 0) is 0 Å². The number of amides is 1. The van der Waals surface area contributed by atoms with E-state index in [4.69, 9.17) is 9.47 Å². The first-order chi connectivity index (χ1) is 16.3. The molecular weight excluding hydrogens is 444 g/mol. The van der Waals surface area contributed by atoms with Crippen molar-refractivity contribution in [2.24, 2.45) is 5.10 Å². The maximum Gasteiger partial charge on any atom is 0.278 e. The van der Waals surface area contributed by atoms with Crippen molar-refractivity contribution in [3.8, 4) is 23.0 Å². The number of carbonyl (C=O) groups is 1. The van der Waals surface area contributed by atoms with Crippen LogP contribution in [0.3, 0.4) is 0 Å². The number of nitro groups is 1. The molecule has 1 atom stereocenters. The molecule has 3 aromatic carbocycles. The number of anilines is 1. The number of nitro benzene ring substituents is 1. The fourth-order valence-corrected chi connectivity index (χ4v) is 3.51. The van der Waals surface area contributed by atoms with Crippen molar-refractivity contribution < 1.29 is 29.4 Å². The molecule has 3 aromatic rings. The molecule has 0 radical (unpaired) electrons. The van der Waals surface area contributed by atoms with Gasteiger partial charge in [-0.25, -0.2) is 5.01 Å². The van der Waals surface area contributed by atoms with E-state index in [1.807, 2.05) is 0 Å². The zero-order chi connectivity index (χ0) is 24.4. The average molecular weight is 464 g/mol. The molecule has 1 aliphatic heterocycles. The van der Waals surface area contributed by atoms with Crippen LogP contribution in [0.15, 0.2) is 59.7 Å². The van der Waals surface area contributed by atoms with E-state index in [9.17, 15) is 25.1 Å². The van der Waals surface area contributed by atoms with E-state index in [-0.39, 0.29) is 39.9 Å². The molecule has 0 saturated carbocycles. The van der Waals surface area contributed by atoms with Gasteiger partial charge < -0.3 is 25.0 Å². The second kappa shape index (κ2) is 8.98. The van der Waals surface area contributed by atoms with Crippen molar-refractivity contribution in [3.63, 3.8) is 0 Å². The van der Waals surface area contributed by atoms with Crippen LogP contribution < -0.4 is 14.8 Å². The van der Waals surface area contributed by atoms with Crippen molar-refractivity contribution in [3.05, 3.63) is 81.4 Å². The SMILES string of the molecule is COc1cc(C=NN2C(=O)c3ccc([N+](=O)[O-])cc3NC2c2ccc(O)c(OC)c2)ccc1O. The van der Waals surface area contributed by atoms with E-state index in [1.54, 1.807) is 18.2 Å². The monoisotopic (exact) mass is 464 g/mol. The summed E-state index contributed by atoms with van der Waals surface area (Å²) >= 11 is 0. The number of aromatic hydroxyl groups is 2. The maximum atomic E-state index is 13.4. The summed E-state index contributed by atoms with van der Waals surface area (Å²) in [6.45, 7) is 0. The Morgan fingerprint density at radius 1 is 1.03 bits per heavy atom. The van der Waals surface area contributed by atoms with Gasteiger partial charge in [-0.15, -0.1) is 0 Å². The van der Waals surface area contributed by atoms with Crippen LogP contribution in [0.2, 0.25) is 0 Å². The minimum absolute atomic E-state index is 0.0417. The molecule has 0 bridgehead atoms. The van der Waals surface area contributed by atoms with Gasteiger partial charge in [-0.2, -0.15) is 5.10 Å². The number of benzene rings is 3. The Kier molecular flexibility index (Phi) is 5.92. The van der Waals surface area contributed by atoms with Crippen LogP contribution in [0.4, 0.5) is 11.4 Å². The number of methoxy groups -OCH3 is 2. The number of hydrogen-bond donors (Lipinski definition) is 3. The predicted octanol–water partition coefficient (Wildman–Crippen LogP) is 3.62. The van der Waals surface area contributed by atoms with Gasteiger partial charge in [0.15, 0.2) is 29.2 Å². The Morgan fingerprint density at radius 2 is 1.71 bits per heavy atom. The zero-order valence-electron chi connectivity index (χ0n) is 18.1. The molecule has 0 spiro atoms. The predicted molar refractivity (Wildman–Crippen MR) is 123 cm³/mol. The minimum atomic E-state index is -0.869. The molecule has 0 aliphatic carbocycles. The highest BCUT2D eigenvalue weighted by Gasteiger charge is 2.34. The molecule has 3 N–H and O–H groups in total. The number of phenolic OH excluding ortho intramolecular Hbond substituents is 2. The Hall–Kier alpha value is -4.80. The van der Waals surface area contributed by atoms with Gasteiger partial charge in [0.1, 0.15) is 0 Å². The van der Waals surface area contributed by atoms with Crippen LogP contribution in [0.5, 0.6) is 23.0 Å². The molecule has 0 saturated heterocycles. The number of hydrogen-bond acceptors (Lipinski definition) is 9. The number of phenols is 2. The molecule has 0 aromatic heterocycles. The first-order valence-corrected chi connectivity index (χ1v) is 9.98. The highest BCUT2D eigenvalue weighted by Crippen LogP contribution is 2.38. The average Bonchev–Trinajstić information content (AvgIpc) is 2.84. The number of non-ortho nitro benzene ring substituents is 1. The summed E-state index contributed by atoms with van der Waals surface area (Å²) in [5.41, 5.74) is 1.37. The second-order valence-electron chi connectivity index (χ2n) is 7.29. The molecule has 1 unspecified atom stereocenters. The largest absolute Gasteiger partial charge is 0.504 e. The Morgan fingerprint density at radius 3 is 2.38 bits per heavy atom. The lowest BCUT2D eigenvalue weighted by Crippen LogP contribution is -2.39. The van der Waals surface area contributed by atoms with Gasteiger partial charge in [0.25, 0.3) is 11.6 Å². The molecular formula is C23H20N4O7. The lowest BCUT2D eigenvalue weighted by molar-refractivity contribution is -0.384. The Balaban J connectivity index is 1.79. The summed E-state index contributed by atoms with van der Waals surface area (Å²) in [4.78, 5) is 24.0. The van der Waals surface area contributed by atoms with Gasteiger partial charge in [-0.05, 0) is 42.0 Å². The number of rotatable bonds is 6. The van der Waals surface area contributed by atoms with E-state index in [2.05, 4.69) is 10.4 Å². The van der Waals surface area contributed by atoms with Crippen LogP contribution in [0.1, 0.15) is 27.7 Å². The molecule has 34 heavy (non-hydrogen) atoms. The van der Waals surface area contributed by atoms with Crippen LogP contribution in [-0.4, -0.2) is 46.5 Å². The first-order valence-electron chi connectivity index (χ1n) is 9.98. The summed E-state index contributed by atoms with van der Waals surface area (Å²) in [5, 5.41) is 39.6. The number of carbonyl (C=O) groups excluding carboxylic acids is 1. The molecule has 0 fully saturated rings. The molecule has 1 heterocycles. The molecule has 1 aliphatic rings. The topological polar surface area (TPSA) is 147 Å². The van der Waals surface area contributed by atoms with Crippen molar-refractivity contribution in [1.29, 1.82) is 0 Å². The molecule has 11 heteroatoms. The van der Waals surface area contributed by atoms with Crippen LogP contribution >= 0.6 is 0 Å². The van der Waals surface area contributed by atoms with E-state index >= 15 is 0 Å². The Labute approximate surface area is 193 Å². The third kappa shape index (κ3) is 4.13. The Bertz CT molecular complexity index is 1310. The lowest BCUT2D eigenvalue weighted by atomic mass is 10.0. The van der Waals surface area contributed by atoms with Gasteiger partial charge in [-0.1, -0.05) is 6.07 Å². The molecule has 11 nitrogen and oxygen atoms in total.